The van der Waals surface area contributed by atoms with Gasteiger partial charge >= 0.3 is 5.97 Å². The molecule has 0 radical (unpaired) electrons. The van der Waals surface area contributed by atoms with E-state index in [1.165, 1.54) is 4.90 Å². The van der Waals surface area contributed by atoms with Crippen LogP contribution >= 0.6 is 0 Å². The summed E-state index contributed by atoms with van der Waals surface area (Å²) in [6, 6.07) is 5.47. The van der Waals surface area contributed by atoms with Crippen LogP contribution in [-0.4, -0.2) is 77.9 Å². The summed E-state index contributed by atoms with van der Waals surface area (Å²) in [4.78, 5) is 44.6. The standard InChI is InChI=1S/C27H36N2O7/c1-6-15-28(18-9-11-19(34-5)12-10-18)24(32)22-27-14-13-26(4,36-27)21(25(33)35-8-3)20(27)23(31)29(22)17(7-2)16-30/h6,9-12,17,20-22,30H,1,7-8,13-16H2,2-5H3/t17-,20-,21+,22?,26-,27?/m0/s1. The first-order valence-electron chi connectivity index (χ1n) is 12.6. The molecule has 2 bridgehead atoms. The van der Waals surface area contributed by atoms with Crippen molar-refractivity contribution in [2.75, 3.05) is 31.8 Å². The van der Waals surface area contributed by atoms with Crippen LogP contribution in [0.25, 0.3) is 0 Å². The van der Waals surface area contributed by atoms with E-state index < -0.39 is 41.1 Å². The number of hydrogen-bond acceptors (Lipinski definition) is 7. The minimum atomic E-state index is -1.19. The highest BCUT2D eigenvalue weighted by Crippen LogP contribution is 2.63. The summed E-state index contributed by atoms with van der Waals surface area (Å²) in [6.45, 7) is 9.31. The molecule has 9 heteroatoms. The van der Waals surface area contributed by atoms with Crippen LogP contribution in [0.1, 0.15) is 40.0 Å². The summed E-state index contributed by atoms with van der Waals surface area (Å²) in [5, 5.41) is 10.2. The Balaban J connectivity index is 1.82. The van der Waals surface area contributed by atoms with Gasteiger partial charge in [0.2, 0.25) is 5.91 Å². The predicted molar refractivity (Wildman–Crippen MR) is 132 cm³/mol. The van der Waals surface area contributed by atoms with Crippen molar-refractivity contribution >= 4 is 23.5 Å². The first-order chi connectivity index (χ1) is 17.2. The number of aliphatic hydroxyl groups is 1. The highest BCUT2D eigenvalue weighted by Gasteiger charge is 2.79. The van der Waals surface area contributed by atoms with Gasteiger partial charge in [-0.1, -0.05) is 13.0 Å². The summed E-state index contributed by atoms with van der Waals surface area (Å²) in [5.41, 5.74) is -1.47. The monoisotopic (exact) mass is 500 g/mol. The van der Waals surface area contributed by atoms with Crippen LogP contribution in [0.4, 0.5) is 5.69 Å². The lowest BCUT2D eigenvalue weighted by molar-refractivity contribution is -0.160. The van der Waals surface area contributed by atoms with Crippen molar-refractivity contribution in [2.45, 2.75) is 63.3 Å². The number of anilines is 1. The number of carbonyl (C=O) groups excluding carboxylic acids is 3. The van der Waals surface area contributed by atoms with Gasteiger partial charge in [-0.25, -0.2) is 0 Å². The van der Waals surface area contributed by atoms with E-state index in [1.807, 2.05) is 13.8 Å². The molecule has 1 N–H and O–H groups in total. The third kappa shape index (κ3) is 3.80. The Kier molecular flexibility index (Phi) is 7.16. The van der Waals surface area contributed by atoms with Crippen molar-refractivity contribution in [3.05, 3.63) is 36.9 Å². The second kappa shape index (κ2) is 9.86. The van der Waals surface area contributed by atoms with Gasteiger partial charge in [0.25, 0.3) is 5.91 Å². The number of benzene rings is 1. The average molecular weight is 501 g/mol. The van der Waals surface area contributed by atoms with Crippen LogP contribution in [0.15, 0.2) is 36.9 Å². The second-order valence-corrected chi connectivity index (χ2v) is 9.91. The summed E-state index contributed by atoms with van der Waals surface area (Å²) in [5.74, 6) is -2.19. The SMILES string of the molecule is C=CCN(C(=O)C1N([C@@H](CC)CO)C(=O)[C@@H]2[C@H](C(=O)OCC)[C@]3(C)CCC12O3)c1ccc(OC)cc1. The molecule has 0 aromatic heterocycles. The number of aliphatic hydroxyl groups excluding tert-OH is 1. The first-order valence-corrected chi connectivity index (χ1v) is 12.6. The Morgan fingerprint density at radius 2 is 2.00 bits per heavy atom. The molecule has 3 fully saturated rings. The van der Waals surface area contributed by atoms with E-state index in [9.17, 15) is 19.5 Å². The maximum absolute atomic E-state index is 14.4. The number of fused-ring (bicyclic) bond motifs is 1. The number of amides is 2. The molecule has 2 amide bonds. The molecule has 6 atom stereocenters. The fourth-order valence-electron chi connectivity index (χ4n) is 6.40. The molecule has 3 aliphatic rings. The van der Waals surface area contributed by atoms with Gasteiger partial charge in [-0.3, -0.25) is 14.4 Å². The fraction of sp³-hybridized carbons (Fsp3) is 0.593. The lowest BCUT2D eigenvalue weighted by Gasteiger charge is -2.39. The van der Waals surface area contributed by atoms with Crippen LogP contribution in [0.2, 0.25) is 0 Å². The Morgan fingerprint density at radius 3 is 2.56 bits per heavy atom. The van der Waals surface area contributed by atoms with Crippen molar-refractivity contribution in [1.82, 2.24) is 4.90 Å². The third-order valence-corrected chi connectivity index (χ3v) is 8.03. The highest BCUT2D eigenvalue weighted by atomic mass is 16.6. The molecular weight excluding hydrogens is 464 g/mol. The lowest BCUT2D eigenvalue weighted by Crippen LogP contribution is -2.59. The Hall–Kier alpha value is -2.91. The highest BCUT2D eigenvalue weighted by molar-refractivity contribution is 6.05. The number of ether oxygens (including phenoxy) is 3. The van der Waals surface area contributed by atoms with Crippen molar-refractivity contribution in [1.29, 1.82) is 0 Å². The molecule has 3 aliphatic heterocycles. The zero-order valence-electron chi connectivity index (χ0n) is 21.4. The fourth-order valence-corrected chi connectivity index (χ4v) is 6.40. The number of carbonyl (C=O) groups is 3. The van der Waals surface area contributed by atoms with E-state index in [0.717, 1.165) is 0 Å². The predicted octanol–water partition coefficient (Wildman–Crippen LogP) is 2.31. The molecule has 1 aromatic rings. The van der Waals surface area contributed by atoms with Gasteiger partial charge in [-0.05, 0) is 57.4 Å². The second-order valence-electron chi connectivity index (χ2n) is 9.91. The van der Waals surface area contributed by atoms with Crippen molar-refractivity contribution in [3.8, 4) is 5.75 Å². The van der Waals surface area contributed by atoms with E-state index in [1.54, 1.807) is 49.3 Å². The largest absolute Gasteiger partial charge is 0.497 e. The molecule has 2 unspecified atom stereocenters. The average Bonchev–Trinajstić information content (AvgIpc) is 3.44. The molecule has 196 valence electrons. The molecule has 0 saturated carbocycles. The van der Waals surface area contributed by atoms with Crippen LogP contribution in [-0.2, 0) is 23.9 Å². The number of hydrogen-bond donors (Lipinski definition) is 1. The van der Waals surface area contributed by atoms with Crippen molar-refractivity contribution in [3.63, 3.8) is 0 Å². The van der Waals surface area contributed by atoms with Gasteiger partial charge in [0, 0.05) is 12.2 Å². The van der Waals surface area contributed by atoms with Gasteiger partial charge in [0.1, 0.15) is 23.3 Å². The Bertz CT molecular complexity index is 1020. The number of nitrogens with zero attached hydrogens (tertiary/aromatic N) is 2. The molecule has 0 aliphatic carbocycles. The van der Waals surface area contributed by atoms with E-state index in [0.29, 0.717) is 30.7 Å². The van der Waals surface area contributed by atoms with Crippen LogP contribution < -0.4 is 9.64 Å². The molecule has 3 saturated heterocycles. The number of likely N-dealkylation sites (tertiary alicyclic amines) is 1. The van der Waals surface area contributed by atoms with E-state index in [-0.39, 0.29) is 31.6 Å². The lowest BCUT2D eigenvalue weighted by atomic mass is 9.66. The van der Waals surface area contributed by atoms with Gasteiger partial charge in [-0.2, -0.15) is 0 Å². The molecule has 4 rings (SSSR count). The van der Waals surface area contributed by atoms with E-state index in [4.69, 9.17) is 14.2 Å². The number of esters is 1. The van der Waals surface area contributed by atoms with Crippen molar-refractivity contribution < 1.29 is 33.7 Å². The molecule has 9 nitrogen and oxygen atoms in total. The van der Waals surface area contributed by atoms with Crippen LogP contribution in [0.5, 0.6) is 5.75 Å². The quantitative estimate of drug-likeness (QED) is 0.388. The summed E-state index contributed by atoms with van der Waals surface area (Å²) >= 11 is 0. The maximum atomic E-state index is 14.4. The summed E-state index contributed by atoms with van der Waals surface area (Å²) in [6.07, 6.45) is 3.05. The zero-order valence-corrected chi connectivity index (χ0v) is 21.4. The normalized spacial score (nSPS) is 31.2. The Morgan fingerprint density at radius 1 is 1.31 bits per heavy atom. The van der Waals surface area contributed by atoms with E-state index in [2.05, 4.69) is 6.58 Å². The first kappa shape index (κ1) is 26.2. The van der Waals surface area contributed by atoms with E-state index >= 15 is 0 Å². The van der Waals surface area contributed by atoms with Crippen molar-refractivity contribution in [2.24, 2.45) is 11.8 Å². The molecular formula is C27H36N2O7. The molecule has 3 heterocycles. The summed E-state index contributed by atoms with van der Waals surface area (Å²) in [7, 11) is 1.57. The van der Waals surface area contributed by atoms with Gasteiger partial charge in [0.15, 0.2) is 0 Å². The third-order valence-electron chi connectivity index (χ3n) is 8.03. The zero-order chi connectivity index (χ0) is 26.3. The van der Waals surface area contributed by atoms with Gasteiger partial charge in [-0.15, -0.1) is 6.58 Å². The number of rotatable bonds is 10. The topological polar surface area (TPSA) is 106 Å². The van der Waals surface area contributed by atoms with Gasteiger partial charge < -0.3 is 29.1 Å². The molecule has 1 aromatic carbocycles. The molecule has 1 spiro atoms. The van der Waals surface area contributed by atoms with Crippen LogP contribution in [0, 0.1) is 11.8 Å². The molecule has 36 heavy (non-hydrogen) atoms. The van der Waals surface area contributed by atoms with Crippen LogP contribution in [0.3, 0.4) is 0 Å². The summed E-state index contributed by atoms with van der Waals surface area (Å²) < 4.78 is 17.2. The van der Waals surface area contributed by atoms with Gasteiger partial charge in [0.05, 0.1) is 37.9 Å². The number of methoxy groups -OCH3 is 1. The smallest absolute Gasteiger partial charge is 0.312 e. The Labute approximate surface area is 212 Å². The minimum absolute atomic E-state index is 0.185. The maximum Gasteiger partial charge on any atom is 0.312 e. The minimum Gasteiger partial charge on any atom is -0.497 e.